The van der Waals surface area contributed by atoms with Gasteiger partial charge in [0.25, 0.3) is 5.91 Å². The maximum Gasteiger partial charge on any atom is 0.257 e. The van der Waals surface area contributed by atoms with Crippen LogP contribution in [0.3, 0.4) is 0 Å². The van der Waals surface area contributed by atoms with Crippen molar-refractivity contribution in [3.05, 3.63) is 69.8 Å². The normalized spacial score (nSPS) is 10.8. The topological polar surface area (TPSA) is 79.8 Å². The average molecular weight is 436 g/mol. The maximum atomic E-state index is 12.6. The summed E-state index contributed by atoms with van der Waals surface area (Å²) in [6.45, 7) is 6.05. The third-order valence-corrected chi connectivity index (χ3v) is 6.40. The zero-order valence-corrected chi connectivity index (χ0v) is 18.5. The number of carbonyl (C=O) groups excluding carboxylic acids is 1. The van der Waals surface area contributed by atoms with Crippen LogP contribution >= 0.6 is 22.7 Å². The van der Waals surface area contributed by atoms with Crippen molar-refractivity contribution in [3.8, 4) is 10.6 Å². The molecule has 0 saturated carbocycles. The SMILES string of the molecule is CCc1ccccc1NC(=O)c1ccc(Nc2nc(-c3sc(C)nc3C)cs2)nc1. The van der Waals surface area contributed by atoms with Crippen LogP contribution in [-0.4, -0.2) is 20.9 Å². The van der Waals surface area contributed by atoms with Gasteiger partial charge in [0.05, 0.1) is 26.8 Å². The third kappa shape index (κ3) is 4.39. The van der Waals surface area contributed by atoms with Crippen LogP contribution < -0.4 is 10.6 Å². The van der Waals surface area contributed by atoms with E-state index in [9.17, 15) is 4.79 Å². The second kappa shape index (κ2) is 8.73. The zero-order chi connectivity index (χ0) is 21.1. The lowest BCUT2D eigenvalue weighted by Crippen LogP contribution is -2.13. The molecule has 4 aromatic rings. The number of hydrogen-bond acceptors (Lipinski definition) is 7. The van der Waals surface area contributed by atoms with Crippen molar-refractivity contribution in [1.29, 1.82) is 0 Å². The summed E-state index contributed by atoms with van der Waals surface area (Å²) in [5, 5.41) is 9.95. The van der Waals surface area contributed by atoms with Crippen LogP contribution in [0.2, 0.25) is 0 Å². The second-order valence-corrected chi connectivity index (χ2v) is 8.77. The van der Waals surface area contributed by atoms with Gasteiger partial charge in [-0.3, -0.25) is 4.79 Å². The number of nitrogens with one attached hydrogen (secondary N) is 2. The molecule has 4 rings (SSSR count). The molecular weight excluding hydrogens is 414 g/mol. The molecule has 152 valence electrons. The highest BCUT2D eigenvalue weighted by molar-refractivity contribution is 7.16. The number of amides is 1. The summed E-state index contributed by atoms with van der Waals surface area (Å²) < 4.78 is 0. The lowest BCUT2D eigenvalue weighted by Gasteiger charge is -2.10. The summed E-state index contributed by atoms with van der Waals surface area (Å²) in [5.74, 6) is 0.459. The number of anilines is 3. The summed E-state index contributed by atoms with van der Waals surface area (Å²) in [5.41, 5.74) is 4.34. The predicted molar refractivity (Wildman–Crippen MR) is 124 cm³/mol. The summed E-state index contributed by atoms with van der Waals surface area (Å²) in [7, 11) is 0. The fraction of sp³-hybridized carbons (Fsp3) is 0.182. The van der Waals surface area contributed by atoms with Crippen LogP contribution in [-0.2, 0) is 6.42 Å². The van der Waals surface area contributed by atoms with Gasteiger partial charge in [0, 0.05) is 17.3 Å². The molecule has 0 aliphatic carbocycles. The van der Waals surface area contributed by atoms with Crippen LogP contribution in [0.1, 0.15) is 33.5 Å². The van der Waals surface area contributed by atoms with E-state index in [0.717, 1.165) is 44.1 Å². The van der Waals surface area contributed by atoms with E-state index in [4.69, 9.17) is 0 Å². The van der Waals surface area contributed by atoms with E-state index in [0.29, 0.717) is 11.4 Å². The molecule has 30 heavy (non-hydrogen) atoms. The number of nitrogens with zero attached hydrogens (tertiary/aromatic N) is 3. The molecule has 0 saturated heterocycles. The Morgan fingerprint density at radius 1 is 1.10 bits per heavy atom. The van der Waals surface area contributed by atoms with Gasteiger partial charge in [-0.15, -0.1) is 22.7 Å². The largest absolute Gasteiger partial charge is 0.322 e. The first kappa shape index (κ1) is 20.2. The van der Waals surface area contributed by atoms with Crippen LogP contribution in [0.15, 0.2) is 48.0 Å². The third-order valence-electron chi connectivity index (χ3n) is 4.55. The Morgan fingerprint density at radius 3 is 2.63 bits per heavy atom. The van der Waals surface area contributed by atoms with Crippen LogP contribution in [0.25, 0.3) is 10.6 Å². The van der Waals surface area contributed by atoms with E-state index in [1.54, 1.807) is 29.7 Å². The van der Waals surface area contributed by atoms with Crippen molar-refractivity contribution < 1.29 is 4.79 Å². The zero-order valence-electron chi connectivity index (χ0n) is 16.9. The van der Waals surface area contributed by atoms with Gasteiger partial charge in [-0.25, -0.2) is 15.0 Å². The Balaban J connectivity index is 1.44. The van der Waals surface area contributed by atoms with Gasteiger partial charge < -0.3 is 10.6 Å². The van der Waals surface area contributed by atoms with Gasteiger partial charge in [-0.1, -0.05) is 25.1 Å². The molecule has 0 radical (unpaired) electrons. The first-order chi connectivity index (χ1) is 14.5. The minimum absolute atomic E-state index is 0.178. The summed E-state index contributed by atoms with van der Waals surface area (Å²) >= 11 is 3.15. The molecular formula is C22H21N5OS2. The first-order valence-corrected chi connectivity index (χ1v) is 11.3. The number of thiazole rings is 2. The van der Waals surface area contributed by atoms with Gasteiger partial charge in [0.2, 0.25) is 0 Å². The number of para-hydroxylation sites is 1. The van der Waals surface area contributed by atoms with Crippen molar-refractivity contribution in [2.45, 2.75) is 27.2 Å². The number of benzene rings is 1. The highest BCUT2D eigenvalue weighted by Crippen LogP contribution is 2.32. The fourth-order valence-electron chi connectivity index (χ4n) is 3.06. The van der Waals surface area contributed by atoms with Crippen LogP contribution in [0, 0.1) is 13.8 Å². The second-order valence-electron chi connectivity index (χ2n) is 6.71. The highest BCUT2D eigenvalue weighted by Gasteiger charge is 2.13. The number of aryl methyl sites for hydroxylation is 3. The molecule has 0 aliphatic heterocycles. The van der Waals surface area contributed by atoms with Crippen molar-refractivity contribution in [2.75, 3.05) is 10.6 Å². The van der Waals surface area contributed by atoms with E-state index in [-0.39, 0.29) is 5.91 Å². The molecule has 3 heterocycles. The highest BCUT2D eigenvalue weighted by atomic mass is 32.1. The monoisotopic (exact) mass is 435 g/mol. The Hall–Kier alpha value is -3.10. The lowest BCUT2D eigenvalue weighted by molar-refractivity contribution is 0.102. The smallest absolute Gasteiger partial charge is 0.257 e. The maximum absolute atomic E-state index is 12.6. The van der Waals surface area contributed by atoms with Crippen molar-refractivity contribution >= 4 is 45.2 Å². The molecule has 0 bridgehead atoms. The lowest BCUT2D eigenvalue weighted by atomic mass is 10.1. The molecule has 3 aromatic heterocycles. The van der Waals surface area contributed by atoms with Gasteiger partial charge in [-0.2, -0.15) is 0 Å². The van der Waals surface area contributed by atoms with E-state index >= 15 is 0 Å². The standard InChI is InChI=1S/C22H21N5OS2/c1-4-15-7-5-6-8-17(15)25-21(28)16-9-10-19(23-11-16)27-22-26-18(12-29-22)20-13(2)24-14(3)30-20/h5-12H,4H2,1-3H3,(H,25,28)(H,23,26,27). The predicted octanol–water partition coefficient (Wildman–Crippen LogP) is 5.84. The summed E-state index contributed by atoms with van der Waals surface area (Å²) in [6, 6.07) is 11.3. The molecule has 8 heteroatoms. The van der Waals surface area contributed by atoms with Gasteiger partial charge in [0.1, 0.15) is 5.82 Å². The first-order valence-electron chi connectivity index (χ1n) is 9.55. The molecule has 0 atom stereocenters. The Labute approximate surface area is 183 Å². The number of aromatic nitrogens is 3. The Morgan fingerprint density at radius 2 is 1.93 bits per heavy atom. The van der Waals surface area contributed by atoms with Gasteiger partial charge in [-0.05, 0) is 44.0 Å². The quantitative estimate of drug-likeness (QED) is 0.398. The summed E-state index contributed by atoms with van der Waals surface area (Å²) in [6.07, 6.45) is 2.42. The van der Waals surface area contributed by atoms with Crippen LogP contribution in [0.5, 0.6) is 0 Å². The molecule has 0 aliphatic rings. The molecule has 0 fully saturated rings. The number of pyridine rings is 1. The molecule has 6 nitrogen and oxygen atoms in total. The van der Waals surface area contributed by atoms with Crippen molar-refractivity contribution in [2.24, 2.45) is 0 Å². The van der Waals surface area contributed by atoms with Crippen molar-refractivity contribution in [1.82, 2.24) is 15.0 Å². The van der Waals surface area contributed by atoms with Crippen molar-refractivity contribution in [3.63, 3.8) is 0 Å². The number of rotatable bonds is 6. The number of hydrogen-bond donors (Lipinski definition) is 2. The Kier molecular flexibility index (Phi) is 5.87. The van der Waals surface area contributed by atoms with E-state index in [1.165, 1.54) is 11.3 Å². The minimum atomic E-state index is -0.178. The van der Waals surface area contributed by atoms with Crippen LogP contribution in [0.4, 0.5) is 16.6 Å². The number of carbonyl (C=O) groups is 1. The van der Waals surface area contributed by atoms with E-state index in [2.05, 4.69) is 32.5 Å². The molecule has 1 amide bonds. The average Bonchev–Trinajstić information content (AvgIpc) is 3.34. The minimum Gasteiger partial charge on any atom is -0.322 e. The molecule has 1 aromatic carbocycles. The van der Waals surface area contributed by atoms with Gasteiger partial charge >= 0.3 is 0 Å². The molecule has 2 N–H and O–H groups in total. The molecule has 0 unspecified atom stereocenters. The van der Waals surface area contributed by atoms with Gasteiger partial charge in [0.15, 0.2) is 5.13 Å². The molecule has 0 spiro atoms. The van der Waals surface area contributed by atoms with E-state index < -0.39 is 0 Å². The van der Waals surface area contributed by atoms with E-state index in [1.807, 2.05) is 43.5 Å². The summed E-state index contributed by atoms with van der Waals surface area (Å²) in [4.78, 5) is 27.1. The fourth-order valence-corrected chi connectivity index (χ4v) is 4.72. The Bertz CT molecular complexity index is 1180.